The Hall–Kier alpha value is -4.25. The Labute approximate surface area is 190 Å². The Morgan fingerprint density at radius 1 is 1.00 bits per heavy atom. The number of hydrogen-bond donors (Lipinski definition) is 0. The van der Waals surface area contributed by atoms with Crippen LogP contribution in [0.1, 0.15) is 16.9 Å². The Balaban J connectivity index is 1.54. The van der Waals surface area contributed by atoms with E-state index < -0.39 is 21.0 Å². The summed E-state index contributed by atoms with van der Waals surface area (Å²) in [5.41, 5.74) is 1.42. The number of amides is 2. The molecule has 2 amide bonds. The molecule has 0 aliphatic carbocycles. The van der Waals surface area contributed by atoms with Crippen LogP contribution in [-0.2, 0) is 11.3 Å². The van der Waals surface area contributed by atoms with Gasteiger partial charge in [-0.15, -0.1) is 0 Å². The third-order valence-electron chi connectivity index (χ3n) is 4.88. The van der Waals surface area contributed by atoms with Crippen molar-refractivity contribution in [1.29, 1.82) is 0 Å². The first kappa shape index (κ1) is 22.0. The van der Waals surface area contributed by atoms with Gasteiger partial charge >= 0.3 is 0 Å². The van der Waals surface area contributed by atoms with E-state index >= 15 is 0 Å². The number of carbonyl (C=O) groups excluding carboxylic acids is 2. The predicted molar refractivity (Wildman–Crippen MR) is 120 cm³/mol. The van der Waals surface area contributed by atoms with Crippen molar-refractivity contribution in [2.24, 2.45) is 0 Å². The molecule has 0 saturated carbocycles. The molecule has 0 bridgehead atoms. The smallest absolute Gasteiger partial charge is 0.293 e. The van der Waals surface area contributed by atoms with E-state index in [9.17, 15) is 29.8 Å². The fourth-order valence-corrected chi connectivity index (χ4v) is 4.07. The van der Waals surface area contributed by atoms with Crippen molar-refractivity contribution in [3.63, 3.8) is 0 Å². The minimum Gasteiger partial charge on any atom is -0.456 e. The molecule has 0 spiro atoms. The minimum absolute atomic E-state index is 0.0288. The number of nitro benzene ring substituents is 2. The molecule has 0 radical (unpaired) electrons. The fourth-order valence-electron chi connectivity index (χ4n) is 3.25. The maximum atomic E-state index is 12.7. The molecule has 3 aromatic rings. The zero-order valence-corrected chi connectivity index (χ0v) is 17.9. The van der Waals surface area contributed by atoms with Crippen molar-refractivity contribution in [2.45, 2.75) is 13.5 Å². The second-order valence-electron chi connectivity index (χ2n) is 7.17. The van der Waals surface area contributed by atoms with E-state index in [-0.39, 0.29) is 34.3 Å². The van der Waals surface area contributed by atoms with Crippen LogP contribution in [0.2, 0.25) is 0 Å². The van der Waals surface area contributed by atoms with Crippen LogP contribution >= 0.6 is 11.8 Å². The highest BCUT2D eigenvalue weighted by molar-refractivity contribution is 8.18. The van der Waals surface area contributed by atoms with Crippen molar-refractivity contribution < 1.29 is 23.9 Å². The lowest BCUT2D eigenvalue weighted by Gasteiger charge is -2.12. The molecule has 10 nitrogen and oxygen atoms in total. The lowest BCUT2D eigenvalue weighted by Crippen LogP contribution is -2.27. The van der Waals surface area contributed by atoms with Crippen LogP contribution in [0.4, 0.5) is 16.2 Å². The molecule has 0 atom stereocenters. The molecule has 11 heteroatoms. The molecular formula is C22H15N3O7S. The molecule has 166 valence electrons. The highest BCUT2D eigenvalue weighted by atomic mass is 32.2. The number of carbonyl (C=O) groups is 2. The van der Waals surface area contributed by atoms with E-state index in [1.165, 1.54) is 36.4 Å². The number of rotatable bonds is 6. The van der Waals surface area contributed by atoms with Crippen LogP contribution in [0.15, 0.2) is 63.9 Å². The second-order valence-corrected chi connectivity index (χ2v) is 8.16. The summed E-state index contributed by atoms with van der Waals surface area (Å²) in [4.78, 5) is 47.4. The normalized spacial score (nSPS) is 14.8. The predicted octanol–water partition coefficient (Wildman–Crippen LogP) is 5.31. The lowest BCUT2D eigenvalue weighted by atomic mass is 10.1. The zero-order valence-electron chi connectivity index (χ0n) is 17.1. The average molecular weight is 465 g/mol. The number of hydrogen-bond acceptors (Lipinski definition) is 8. The van der Waals surface area contributed by atoms with Crippen molar-refractivity contribution in [2.75, 3.05) is 0 Å². The molecule has 33 heavy (non-hydrogen) atoms. The van der Waals surface area contributed by atoms with Crippen LogP contribution < -0.4 is 0 Å². The Morgan fingerprint density at radius 2 is 1.73 bits per heavy atom. The van der Waals surface area contributed by atoms with Crippen LogP contribution in [-0.4, -0.2) is 25.9 Å². The van der Waals surface area contributed by atoms with Crippen LogP contribution in [0, 0.1) is 27.2 Å². The van der Waals surface area contributed by atoms with Gasteiger partial charge in [0.25, 0.3) is 22.5 Å². The number of non-ortho nitro benzene ring substituents is 1. The average Bonchev–Trinajstić information content (AvgIpc) is 3.34. The second kappa shape index (κ2) is 8.71. The molecule has 0 unspecified atom stereocenters. The summed E-state index contributed by atoms with van der Waals surface area (Å²) in [5, 5.41) is 21.7. The first-order valence-corrected chi connectivity index (χ1v) is 10.4. The summed E-state index contributed by atoms with van der Waals surface area (Å²) < 4.78 is 5.69. The summed E-state index contributed by atoms with van der Waals surface area (Å²) in [6.07, 6.45) is 1.41. The highest BCUT2D eigenvalue weighted by Gasteiger charge is 2.35. The molecule has 2 aromatic carbocycles. The summed E-state index contributed by atoms with van der Waals surface area (Å²) in [6.45, 7) is 1.72. The minimum atomic E-state index is -0.532. The van der Waals surface area contributed by atoms with Gasteiger partial charge in [0.1, 0.15) is 11.5 Å². The fraction of sp³-hybridized carbons (Fsp3) is 0.0909. The molecule has 1 aromatic heterocycles. The molecular weight excluding hydrogens is 450 g/mol. The molecule has 1 aliphatic heterocycles. The Morgan fingerprint density at radius 3 is 2.39 bits per heavy atom. The number of benzene rings is 2. The maximum absolute atomic E-state index is 12.7. The van der Waals surface area contributed by atoms with Gasteiger partial charge in [0.05, 0.1) is 26.9 Å². The van der Waals surface area contributed by atoms with Gasteiger partial charge in [-0.25, -0.2) is 0 Å². The molecule has 0 N–H and O–H groups in total. The van der Waals surface area contributed by atoms with Gasteiger partial charge in [-0.1, -0.05) is 18.2 Å². The van der Waals surface area contributed by atoms with E-state index in [4.69, 9.17) is 4.42 Å². The van der Waals surface area contributed by atoms with Crippen molar-refractivity contribution in [1.82, 2.24) is 4.90 Å². The number of aryl methyl sites for hydroxylation is 1. The SMILES string of the molecule is Cc1ccc(-c2ccc(/C=C3\SC(=O)N(Cc4ccc([N+](=O)[O-])cc4)C3=O)o2)c([N+](=O)[O-])c1. The topological polar surface area (TPSA) is 137 Å². The monoisotopic (exact) mass is 465 g/mol. The number of nitro groups is 2. The van der Waals surface area contributed by atoms with Crippen molar-refractivity contribution in [3.8, 4) is 11.3 Å². The van der Waals surface area contributed by atoms with Gasteiger partial charge in [0.15, 0.2) is 0 Å². The van der Waals surface area contributed by atoms with E-state index in [1.54, 1.807) is 31.2 Å². The molecule has 1 fully saturated rings. The summed E-state index contributed by atoms with van der Waals surface area (Å²) in [6, 6.07) is 13.5. The summed E-state index contributed by atoms with van der Waals surface area (Å²) in [7, 11) is 0. The van der Waals surface area contributed by atoms with E-state index in [0.29, 0.717) is 11.1 Å². The zero-order chi connectivity index (χ0) is 23.7. The largest absolute Gasteiger partial charge is 0.456 e. The molecule has 2 heterocycles. The van der Waals surface area contributed by atoms with Crippen LogP contribution in [0.25, 0.3) is 17.4 Å². The first-order valence-electron chi connectivity index (χ1n) is 9.57. The maximum Gasteiger partial charge on any atom is 0.293 e. The molecule has 1 saturated heterocycles. The number of nitrogens with zero attached hydrogens (tertiary/aromatic N) is 3. The van der Waals surface area contributed by atoms with E-state index in [1.807, 2.05) is 0 Å². The first-order chi connectivity index (χ1) is 15.7. The summed E-state index contributed by atoms with van der Waals surface area (Å²) in [5.74, 6) is 0.00128. The lowest BCUT2D eigenvalue weighted by molar-refractivity contribution is -0.384. The van der Waals surface area contributed by atoms with Gasteiger partial charge in [-0.3, -0.25) is 34.7 Å². The highest BCUT2D eigenvalue weighted by Crippen LogP contribution is 2.36. The van der Waals surface area contributed by atoms with Gasteiger partial charge in [0, 0.05) is 24.3 Å². The quantitative estimate of drug-likeness (QED) is 0.271. The number of imide groups is 1. The van der Waals surface area contributed by atoms with Crippen molar-refractivity contribution >= 4 is 40.4 Å². The van der Waals surface area contributed by atoms with E-state index in [0.717, 1.165) is 22.2 Å². The van der Waals surface area contributed by atoms with Gasteiger partial charge < -0.3 is 4.42 Å². The third-order valence-corrected chi connectivity index (χ3v) is 5.78. The van der Waals surface area contributed by atoms with Crippen LogP contribution in [0.5, 0.6) is 0 Å². The van der Waals surface area contributed by atoms with Gasteiger partial charge in [-0.2, -0.15) is 0 Å². The van der Waals surface area contributed by atoms with E-state index in [2.05, 4.69) is 0 Å². The molecule has 1 aliphatic rings. The molecule has 4 rings (SSSR count). The van der Waals surface area contributed by atoms with Gasteiger partial charge in [0.2, 0.25) is 0 Å². The van der Waals surface area contributed by atoms with Crippen molar-refractivity contribution in [3.05, 3.63) is 96.6 Å². The Kier molecular flexibility index (Phi) is 5.80. The van der Waals surface area contributed by atoms with Gasteiger partial charge in [-0.05, 0) is 48.0 Å². The third kappa shape index (κ3) is 4.53. The standard InChI is InChI=1S/C22H15N3O7S/c1-13-2-8-17(18(10-13)25(30)31)19-9-7-16(32-19)11-20-21(26)23(22(27)33-20)12-14-3-5-15(6-4-14)24(28)29/h2-11H,12H2,1H3/b20-11-. The summed E-state index contributed by atoms with van der Waals surface area (Å²) >= 11 is 0.741. The Bertz CT molecular complexity index is 1330. The number of furan rings is 1. The number of thioether (sulfide) groups is 1. The van der Waals surface area contributed by atoms with Crippen LogP contribution in [0.3, 0.4) is 0 Å².